The fourth-order valence-electron chi connectivity index (χ4n) is 2.27. The Balaban J connectivity index is 1.93. The third kappa shape index (κ3) is 4.59. The molecule has 0 aromatic heterocycles. The van der Waals surface area contributed by atoms with Crippen molar-refractivity contribution in [2.75, 3.05) is 13.2 Å². The summed E-state index contributed by atoms with van der Waals surface area (Å²) in [5.74, 6) is 1.04. The van der Waals surface area contributed by atoms with E-state index in [4.69, 9.17) is 4.74 Å². The fraction of sp³-hybridized carbons (Fsp3) is 0.529. The van der Waals surface area contributed by atoms with Crippen molar-refractivity contribution in [2.24, 2.45) is 5.92 Å². The predicted octanol–water partition coefficient (Wildman–Crippen LogP) is 2.92. The highest BCUT2D eigenvalue weighted by molar-refractivity contribution is 5.94. The number of hydrogen-bond donors (Lipinski definition) is 0. The molecule has 1 aliphatic rings. The molecule has 2 rings (SSSR count). The van der Waals surface area contributed by atoms with Crippen LogP contribution in [0.15, 0.2) is 24.3 Å². The molecule has 21 heavy (non-hydrogen) atoms. The van der Waals surface area contributed by atoms with Crippen LogP contribution in [-0.4, -0.2) is 35.8 Å². The van der Waals surface area contributed by atoms with Crippen molar-refractivity contribution in [1.82, 2.24) is 4.90 Å². The second kappa shape index (κ2) is 6.74. The van der Waals surface area contributed by atoms with Crippen LogP contribution in [0.5, 0.6) is 5.75 Å². The highest BCUT2D eigenvalue weighted by atomic mass is 16.5. The lowest BCUT2D eigenvalue weighted by molar-refractivity contribution is -0.134. The summed E-state index contributed by atoms with van der Waals surface area (Å²) in [5.41, 5.74) is 0.598. The number of rotatable bonds is 7. The smallest absolute Gasteiger partial charge is 0.260 e. The maximum Gasteiger partial charge on any atom is 0.260 e. The predicted molar refractivity (Wildman–Crippen MR) is 81.5 cm³/mol. The Kier molecular flexibility index (Phi) is 4.99. The minimum absolute atomic E-state index is 0.00816. The quantitative estimate of drug-likeness (QED) is 0.725. The minimum atomic E-state index is -0.00816. The fourth-order valence-corrected chi connectivity index (χ4v) is 2.27. The molecule has 0 bridgehead atoms. The summed E-state index contributed by atoms with van der Waals surface area (Å²) in [7, 11) is 0. The zero-order valence-corrected chi connectivity index (χ0v) is 13.0. The number of Topliss-reactive ketones (excluding diaryl/α,β-unsaturated/α-hetero) is 1. The van der Waals surface area contributed by atoms with Gasteiger partial charge in [0, 0.05) is 18.2 Å². The highest BCUT2D eigenvalue weighted by Crippen LogP contribution is 2.27. The first kappa shape index (κ1) is 15.5. The van der Waals surface area contributed by atoms with Gasteiger partial charge in [-0.2, -0.15) is 0 Å². The van der Waals surface area contributed by atoms with Crippen molar-refractivity contribution in [3.8, 4) is 5.75 Å². The van der Waals surface area contributed by atoms with E-state index in [0.717, 1.165) is 19.4 Å². The molecule has 1 fully saturated rings. The molecule has 0 saturated heterocycles. The average molecular weight is 289 g/mol. The summed E-state index contributed by atoms with van der Waals surface area (Å²) in [6.07, 6.45) is 2.19. The van der Waals surface area contributed by atoms with Crippen molar-refractivity contribution in [1.29, 1.82) is 0 Å². The Morgan fingerprint density at radius 2 is 2.05 bits per heavy atom. The van der Waals surface area contributed by atoms with Crippen molar-refractivity contribution in [2.45, 2.75) is 39.7 Å². The molecule has 1 amide bonds. The molecular weight excluding hydrogens is 266 g/mol. The minimum Gasteiger partial charge on any atom is -0.484 e. The molecule has 0 heterocycles. The van der Waals surface area contributed by atoms with Gasteiger partial charge in [-0.25, -0.2) is 0 Å². The molecule has 114 valence electrons. The molecule has 1 saturated carbocycles. The van der Waals surface area contributed by atoms with Gasteiger partial charge in [0.25, 0.3) is 5.91 Å². The van der Waals surface area contributed by atoms with Crippen molar-refractivity contribution in [3.05, 3.63) is 29.8 Å². The highest BCUT2D eigenvalue weighted by Gasteiger charge is 2.32. The topological polar surface area (TPSA) is 46.6 Å². The number of ketones is 1. The van der Waals surface area contributed by atoms with Gasteiger partial charge >= 0.3 is 0 Å². The average Bonchev–Trinajstić information content (AvgIpc) is 3.26. The molecular formula is C17H23NO3. The molecule has 1 aromatic carbocycles. The second-order valence-electron chi connectivity index (χ2n) is 6.04. The number of ether oxygens (including phenoxy) is 1. The van der Waals surface area contributed by atoms with Gasteiger partial charge < -0.3 is 9.64 Å². The molecule has 0 atom stereocenters. The zero-order valence-electron chi connectivity index (χ0n) is 13.0. The molecule has 0 N–H and O–H groups in total. The molecule has 4 nitrogen and oxygen atoms in total. The third-order valence-electron chi connectivity index (χ3n) is 3.47. The van der Waals surface area contributed by atoms with Crippen LogP contribution in [0.4, 0.5) is 0 Å². The van der Waals surface area contributed by atoms with Gasteiger partial charge in [-0.15, -0.1) is 0 Å². The van der Waals surface area contributed by atoms with E-state index in [1.165, 1.54) is 6.92 Å². The number of carbonyl (C=O) groups is 2. The summed E-state index contributed by atoms with van der Waals surface area (Å²) in [5, 5.41) is 0. The first-order chi connectivity index (χ1) is 9.97. The van der Waals surface area contributed by atoms with Crippen LogP contribution in [0.2, 0.25) is 0 Å². The number of nitrogens with zero attached hydrogens (tertiary/aromatic N) is 1. The first-order valence-electron chi connectivity index (χ1n) is 7.50. The van der Waals surface area contributed by atoms with E-state index in [0.29, 0.717) is 23.3 Å². The second-order valence-corrected chi connectivity index (χ2v) is 6.04. The van der Waals surface area contributed by atoms with Crippen LogP contribution in [0.3, 0.4) is 0 Å². The molecule has 0 aliphatic heterocycles. The number of hydrogen-bond acceptors (Lipinski definition) is 3. The molecule has 4 heteroatoms. The lowest BCUT2D eigenvalue weighted by Gasteiger charge is -2.24. The van der Waals surface area contributed by atoms with Crippen molar-refractivity contribution >= 4 is 11.7 Å². The van der Waals surface area contributed by atoms with Crippen LogP contribution in [0.25, 0.3) is 0 Å². The Morgan fingerprint density at radius 3 is 2.62 bits per heavy atom. The van der Waals surface area contributed by atoms with Gasteiger partial charge in [0.05, 0.1) is 0 Å². The SMILES string of the molecule is CC(=O)c1cccc(OCC(=O)N(CC(C)C)C2CC2)c1. The molecule has 0 spiro atoms. The van der Waals surface area contributed by atoms with Gasteiger partial charge in [0.2, 0.25) is 0 Å². The van der Waals surface area contributed by atoms with Crippen LogP contribution >= 0.6 is 0 Å². The largest absolute Gasteiger partial charge is 0.484 e. The molecule has 1 aliphatic carbocycles. The van der Waals surface area contributed by atoms with Gasteiger partial charge in [0.15, 0.2) is 12.4 Å². The Hall–Kier alpha value is -1.84. The van der Waals surface area contributed by atoms with E-state index in [1.54, 1.807) is 24.3 Å². The number of carbonyl (C=O) groups excluding carboxylic acids is 2. The van der Waals surface area contributed by atoms with E-state index in [-0.39, 0.29) is 18.3 Å². The summed E-state index contributed by atoms with van der Waals surface area (Å²) in [6, 6.07) is 7.35. The molecule has 0 radical (unpaired) electrons. The maximum absolute atomic E-state index is 12.3. The van der Waals surface area contributed by atoms with E-state index in [9.17, 15) is 9.59 Å². The summed E-state index contributed by atoms with van der Waals surface area (Å²) in [6.45, 7) is 6.55. The van der Waals surface area contributed by atoms with Crippen molar-refractivity contribution < 1.29 is 14.3 Å². The van der Waals surface area contributed by atoms with Gasteiger partial charge in [-0.1, -0.05) is 26.0 Å². The van der Waals surface area contributed by atoms with E-state index >= 15 is 0 Å². The number of amides is 1. The third-order valence-corrected chi connectivity index (χ3v) is 3.47. The van der Waals surface area contributed by atoms with E-state index in [2.05, 4.69) is 13.8 Å². The van der Waals surface area contributed by atoms with Crippen LogP contribution in [0, 0.1) is 5.92 Å². The first-order valence-corrected chi connectivity index (χ1v) is 7.50. The van der Waals surface area contributed by atoms with E-state index < -0.39 is 0 Å². The van der Waals surface area contributed by atoms with Crippen LogP contribution in [-0.2, 0) is 4.79 Å². The van der Waals surface area contributed by atoms with Crippen LogP contribution < -0.4 is 4.74 Å². The molecule has 0 unspecified atom stereocenters. The normalized spacial score (nSPS) is 14.1. The monoisotopic (exact) mass is 289 g/mol. The standard InChI is InChI=1S/C17H23NO3/c1-12(2)10-18(15-7-8-15)17(20)11-21-16-6-4-5-14(9-16)13(3)19/h4-6,9,12,15H,7-8,10-11H2,1-3H3. The van der Waals surface area contributed by atoms with Crippen LogP contribution in [0.1, 0.15) is 44.0 Å². The summed E-state index contributed by atoms with van der Waals surface area (Å²) < 4.78 is 5.56. The Bertz CT molecular complexity index is 521. The van der Waals surface area contributed by atoms with Crippen molar-refractivity contribution in [3.63, 3.8) is 0 Å². The lowest BCUT2D eigenvalue weighted by atomic mass is 10.1. The summed E-state index contributed by atoms with van der Waals surface area (Å²) >= 11 is 0. The van der Waals surface area contributed by atoms with Gasteiger partial charge in [0.1, 0.15) is 5.75 Å². The molecule has 1 aromatic rings. The zero-order chi connectivity index (χ0) is 15.4. The maximum atomic E-state index is 12.3. The Morgan fingerprint density at radius 1 is 1.33 bits per heavy atom. The van der Waals surface area contributed by atoms with Gasteiger partial charge in [-0.3, -0.25) is 9.59 Å². The lowest BCUT2D eigenvalue weighted by Crippen LogP contribution is -2.39. The Labute approximate surface area is 126 Å². The number of benzene rings is 1. The van der Waals surface area contributed by atoms with Gasteiger partial charge in [-0.05, 0) is 37.8 Å². The van der Waals surface area contributed by atoms with E-state index in [1.807, 2.05) is 4.90 Å². The summed E-state index contributed by atoms with van der Waals surface area (Å²) in [4.78, 5) is 25.5.